The molecule has 0 aliphatic rings. The third kappa shape index (κ3) is 5.72. The summed E-state index contributed by atoms with van der Waals surface area (Å²) in [7, 11) is 0. The zero-order chi connectivity index (χ0) is 19.9. The van der Waals surface area contributed by atoms with Gasteiger partial charge < -0.3 is 10.6 Å². The van der Waals surface area contributed by atoms with E-state index in [1.165, 1.54) is 12.1 Å². The molecule has 7 heteroatoms. The van der Waals surface area contributed by atoms with Gasteiger partial charge in [0.2, 0.25) is 5.91 Å². The summed E-state index contributed by atoms with van der Waals surface area (Å²) in [5, 5.41) is 5.48. The van der Waals surface area contributed by atoms with Crippen molar-refractivity contribution in [2.75, 3.05) is 10.6 Å². The predicted octanol–water partition coefficient (Wildman–Crippen LogP) is 4.81. The summed E-state index contributed by atoms with van der Waals surface area (Å²) in [4.78, 5) is 28.6. The molecule has 5 nitrogen and oxygen atoms in total. The van der Waals surface area contributed by atoms with E-state index >= 15 is 0 Å². The summed E-state index contributed by atoms with van der Waals surface area (Å²) in [6, 6.07) is 16.2. The highest BCUT2D eigenvalue weighted by atomic mass is 79.9. The van der Waals surface area contributed by atoms with Crippen LogP contribution in [0.5, 0.6) is 0 Å². The molecule has 0 unspecified atom stereocenters. The van der Waals surface area contributed by atoms with Gasteiger partial charge in [-0.3, -0.25) is 9.59 Å². The van der Waals surface area contributed by atoms with Gasteiger partial charge in [-0.05, 0) is 70.4 Å². The van der Waals surface area contributed by atoms with Crippen LogP contribution in [0.4, 0.5) is 15.9 Å². The standard InChI is InChI=1S/C21H17BrFN3O2/c22-16-7-10-19(24-13-16)26-21(28)15-2-1-3-18(12-15)25-20(27)11-6-14-4-8-17(23)9-5-14/h1-5,7-10,12-13H,6,11H2,(H,25,27)(H,24,26,28). The van der Waals surface area contributed by atoms with Gasteiger partial charge >= 0.3 is 0 Å². The van der Waals surface area contributed by atoms with Gasteiger partial charge in [-0.25, -0.2) is 9.37 Å². The quantitative estimate of drug-likeness (QED) is 0.576. The largest absolute Gasteiger partial charge is 0.326 e. The number of nitrogens with zero attached hydrogens (tertiary/aromatic N) is 1. The lowest BCUT2D eigenvalue weighted by Gasteiger charge is -2.08. The fraction of sp³-hybridized carbons (Fsp3) is 0.0952. The van der Waals surface area contributed by atoms with E-state index in [1.54, 1.807) is 54.7 Å². The van der Waals surface area contributed by atoms with Crippen molar-refractivity contribution in [2.45, 2.75) is 12.8 Å². The first kappa shape index (κ1) is 19.7. The minimum absolute atomic E-state index is 0.184. The first-order valence-electron chi connectivity index (χ1n) is 8.57. The Morgan fingerprint density at radius 1 is 1.00 bits per heavy atom. The summed E-state index contributed by atoms with van der Waals surface area (Å²) >= 11 is 3.29. The molecule has 0 bridgehead atoms. The predicted molar refractivity (Wildman–Crippen MR) is 110 cm³/mol. The second-order valence-electron chi connectivity index (χ2n) is 6.07. The van der Waals surface area contributed by atoms with Crippen molar-refractivity contribution < 1.29 is 14.0 Å². The lowest BCUT2D eigenvalue weighted by Crippen LogP contribution is -2.15. The molecule has 0 spiro atoms. The van der Waals surface area contributed by atoms with E-state index < -0.39 is 0 Å². The molecule has 28 heavy (non-hydrogen) atoms. The number of hydrogen-bond acceptors (Lipinski definition) is 3. The van der Waals surface area contributed by atoms with E-state index in [1.807, 2.05) is 0 Å². The van der Waals surface area contributed by atoms with Crippen LogP contribution >= 0.6 is 15.9 Å². The zero-order valence-electron chi connectivity index (χ0n) is 14.8. The van der Waals surface area contributed by atoms with Crippen LogP contribution in [0.2, 0.25) is 0 Å². The van der Waals surface area contributed by atoms with Crippen molar-refractivity contribution in [2.24, 2.45) is 0 Å². The number of nitrogens with one attached hydrogen (secondary N) is 2. The number of carbonyl (C=O) groups excluding carboxylic acids is 2. The lowest BCUT2D eigenvalue weighted by molar-refractivity contribution is -0.116. The minimum atomic E-state index is -0.322. The van der Waals surface area contributed by atoms with Gasteiger partial charge in [0.1, 0.15) is 11.6 Å². The van der Waals surface area contributed by atoms with Crippen LogP contribution in [-0.4, -0.2) is 16.8 Å². The van der Waals surface area contributed by atoms with E-state index in [2.05, 4.69) is 31.5 Å². The third-order valence-electron chi connectivity index (χ3n) is 3.93. The normalized spacial score (nSPS) is 10.4. The van der Waals surface area contributed by atoms with Crippen molar-refractivity contribution >= 4 is 39.2 Å². The molecule has 2 N–H and O–H groups in total. The fourth-order valence-corrected chi connectivity index (χ4v) is 2.74. The Bertz CT molecular complexity index is 976. The fourth-order valence-electron chi connectivity index (χ4n) is 2.51. The smallest absolute Gasteiger partial charge is 0.256 e. The van der Waals surface area contributed by atoms with E-state index in [0.717, 1.165) is 10.0 Å². The number of anilines is 2. The second-order valence-corrected chi connectivity index (χ2v) is 6.99. The molecule has 0 saturated carbocycles. The summed E-state index contributed by atoms with van der Waals surface area (Å²) in [5.41, 5.74) is 1.81. The number of amides is 2. The highest BCUT2D eigenvalue weighted by Gasteiger charge is 2.09. The average Bonchev–Trinajstić information content (AvgIpc) is 2.69. The Morgan fingerprint density at radius 3 is 2.50 bits per heavy atom. The zero-order valence-corrected chi connectivity index (χ0v) is 16.4. The highest BCUT2D eigenvalue weighted by Crippen LogP contribution is 2.15. The molecule has 3 rings (SSSR count). The molecular formula is C21H17BrFN3O2. The van der Waals surface area contributed by atoms with E-state index in [9.17, 15) is 14.0 Å². The second kappa shape index (κ2) is 9.23. The summed E-state index contributed by atoms with van der Waals surface area (Å²) in [5.74, 6) is -0.378. The molecule has 2 amide bonds. The number of aromatic nitrogens is 1. The minimum Gasteiger partial charge on any atom is -0.326 e. The molecule has 3 aromatic rings. The monoisotopic (exact) mass is 441 g/mol. The molecule has 0 atom stereocenters. The molecule has 0 fully saturated rings. The van der Waals surface area contributed by atoms with Crippen molar-refractivity contribution in [1.82, 2.24) is 4.98 Å². The van der Waals surface area contributed by atoms with Gasteiger partial charge in [-0.1, -0.05) is 18.2 Å². The molecule has 1 aromatic heterocycles. The van der Waals surface area contributed by atoms with E-state index in [-0.39, 0.29) is 24.1 Å². The number of hydrogen-bond donors (Lipinski definition) is 2. The van der Waals surface area contributed by atoms with E-state index in [4.69, 9.17) is 0 Å². The third-order valence-corrected chi connectivity index (χ3v) is 4.40. The topological polar surface area (TPSA) is 71.1 Å². The average molecular weight is 442 g/mol. The summed E-state index contributed by atoms with van der Waals surface area (Å²) in [6.45, 7) is 0. The number of benzene rings is 2. The Morgan fingerprint density at radius 2 is 1.79 bits per heavy atom. The van der Waals surface area contributed by atoms with Crippen LogP contribution in [0.25, 0.3) is 0 Å². The summed E-state index contributed by atoms with van der Waals surface area (Å²) in [6.07, 6.45) is 2.35. The highest BCUT2D eigenvalue weighted by molar-refractivity contribution is 9.10. The molecule has 1 heterocycles. The van der Waals surface area contributed by atoms with Crippen molar-refractivity contribution in [1.29, 1.82) is 0 Å². The Labute approximate surface area is 170 Å². The number of rotatable bonds is 6. The first-order valence-corrected chi connectivity index (χ1v) is 9.36. The molecule has 0 radical (unpaired) electrons. The van der Waals surface area contributed by atoms with Gasteiger partial charge in [0.15, 0.2) is 0 Å². The van der Waals surface area contributed by atoms with Crippen LogP contribution in [-0.2, 0) is 11.2 Å². The van der Waals surface area contributed by atoms with E-state index in [0.29, 0.717) is 23.5 Å². The van der Waals surface area contributed by atoms with Crippen LogP contribution in [0.1, 0.15) is 22.3 Å². The number of pyridine rings is 1. The maximum absolute atomic E-state index is 12.9. The van der Waals surface area contributed by atoms with Crippen LogP contribution in [0.15, 0.2) is 71.3 Å². The Hall–Kier alpha value is -3.06. The molecule has 0 saturated heterocycles. The molecule has 142 valence electrons. The molecular weight excluding hydrogens is 425 g/mol. The Balaban J connectivity index is 1.57. The van der Waals surface area contributed by atoms with Crippen LogP contribution in [0, 0.1) is 5.82 Å². The van der Waals surface area contributed by atoms with Crippen LogP contribution in [0.3, 0.4) is 0 Å². The van der Waals surface area contributed by atoms with Crippen molar-refractivity contribution in [3.63, 3.8) is 0 Å². The van der Waals surface area contributed by atoms with Gasteiger partial charge in [-0.15, -0.1) is 0 Å². The maximum Gasteiger partial charge on any atom is 0.256 e. The molecule has 0 aliphatic heterocycles. The SMILES string of the molecule is O=C(CCc1ccc(F)cc1)Nc1cccc(C(=O)Nc2ccc(Br)cn2)c1. The summed E-state index contributed by atoms with van der Waals surface area (Å²) < 4.78 is 13.7. The van der Waals surface area contributed by atoms with Gasteiger partial charge in [-0.2, -0.15) is 0 Å². The number of halogens is 2. The van der Waals surface area contributed by atoms with Gasteiger partial charge in [0.05, 0.1) is 0 Å². The number of carbonyl (C=O) groups is 2. The van der Waals surface area contributed by atoms with Crippen molar-refractivity contribution in [3.8, 4) is 0 Å². The first-order chi connectivity index (χ1) is 13.5. The van der Waals surface area contributed by atoms with Crippen LogP contribution < -0.4 is 10.6 Å². The number of aryl methyl sites for hydroxylation is 1. The molecule has 0 aliphatic carbocycles. The van der Waals surface area contributed by atoms with Gasteiger partial charge in [0, 0.05) is 28.3 Å². The van der Waals surface area contributed by atoms with Crippen molar-refractivity contribution in [3.05, 3.63) is 88.3 Å². The lowest BCUT2D eigenvalue weighted by atomic mass is 10.1. The maximum atomic E-state index is 12.9. The van der Waals surface area contributed by atoms with Gasteiger partial charge in [0.25, 0.3) is 5.91 Å². The Kier molecular flexibility index (Phi) is 6.49. The molecule has 2 aromatic carbocycles.